The van der Waals surface area contributed by atoms with E-state index in [2.05, 4.69) is 15.9 Å². The van der Waals surface area contributed by atoms with Crippen molar-refractivity contribution in [3.8, 4) is 11.5 Å². The molecule has 0 radical (unpaired) electrons. The summed E-state index contributed by atoms with van der Waals surface area (Å²) in [7, 11) is 0. The van der Waals surface area contributed by atoms with E-state index in [0.29, 0.717) is 29.1 Å². The Bertz CT molecular complexity index is 433. The van der Waals surface area contributed by atoms with E-state index in [4.69, 9.17) is 20.3 Å². The molecule has 1 aliphatic rings. The third-order valence-corrected chi connectivity index (χ3v) is 2.69. The van der Waals surface area contributed by atoms with Crippen LogP contribution in [0.2, 0.25) is 0 Å². The van der Waals surface area contributed by atoms with Crippen molar-refractivity contribution in [3.05, 3.63) is 16.1 Å². The summed E-state index contributed by atoms with van der Waals surface area (Å²) in [5, 5.41) is 8.96. The maximum atomic E-state index is 10.9. The standard InChI is InChI=1S/C9H8BrNO4/c10-5-3-4(9(12)13)7-8(6(5)11)15-2-1-14-7/h3H,1-2,11H2,(H,12,13). The average Bonchev–Trinajstić information content (AvgIpc) is 2.23. The van der Waals surface area contributed by atoms with Crippen LogP contribution in [0.5, 0.6) is 11.5 Å². The quantitative estimate of drug-likeness (QED) is 0.758. The number of nitrogen functional groups attached to an aromatic ring is 1. The zero-order valence-corrected chi connectivity index (χ0v) is 9.20. The number of anilines is 1. The number of carbonyl (C=O) groups is 1. The number of fused-ring (bicyclic) bond motifs is 1. The molecule has 5 nitrogen and oxygen atoms in total. The molecule has 0 spiro atoms. The van der Waals surface area contributed by atoms with Crippen molar-refractivity contribution >= 4 is 27.6 Å². The van der Waals surface area contributed by atoms with E-state index < -0.39 is 5.97 Å². The van der Waals surface area contributed by atoms with Gasteiger partial charge in [0.1, 0.15) is 18.8 Å². The molecule has 1 aromatic rings. The summed E-state index contributed by atoms with van der Waals surface area (Å²) in [6.07, 6.45) is 0. The Labute approximate surface area is 93.9 Å². The van der Waals surface area contributed by atoms with E-state index >= 15 is 0 Å². The van der Waals surface area contributed by atoms with Gasteiger partial charge in [0.2, 0.25) is 0 Å². The van der Waals surface area contributed by atoms with Crippen LogP contribution >= 0.6 is 15.9 Å². The lowest BCUT2D eigenvalue weighted by molar-refractivity contribution is 0.0686. The number of rotatable bonds is 1. The molecule has 80 valence electrons. The highest BCUT2D eigenvalue weighted by atomic mass is 79.9. The maximum absolute atomic E-state index is 10.9. The first-order valence-electron chi connectivity index (χ1n) is 4.22. The van der Waals surface area contributed by atoms with Crippen LogP contribution in [0.4, 0.5) is 5.69 Å². The van der Waals surface area contributed by atoms with Crippen molar-refractivity contribution in [1.29, 1.82) is 0 Å². The Hall–Kier alpha value is -1.43. The monoisotopic (exact) mass is 273 g/mol. The molecule has 1 heterocycles. The molecule has 3 N–H and O–H groups in total. The van der Waals surface area contributed by atoms with Crippen LogP contribution in [0.1, 0.15) is 10.4 Å². The lowest BCUT2D eigenvalue weighted by Crippen LogP contribution is -2.19. The second kappa shape index (κ2) is 3.62. The predicted molar refractivity (Wildman–Crippen MR) is 56.5 cm³/mol. The third-order valence-electron chi connectivity index (χ3n) is 2.03. The van der Waals surface area contributed by atoms with Gasteiger partial charge in [0.05, 0.1) is 5.69 Å². The fraction of sp³-hybridized carbons (Fsp3) is 0.222. The molecule has 0 aromatic heterocycles. The average molecular weight is 274 g/mol. The van der Waals surface area contributed by atoms with Gasteiger partial charge in [-0.15, -0.1) is 0 Å². The Balaban J connectivity index is 2.67. The molecule has 1 aliphatic heterocycles. The van der Waals surface area contributed by atoms with Crippen molar-refractivity contribution in [1.82, 2.24) is 0 Å². The zero-order valence-electron chi connectivity index (χ0n) is 7.62. The molecule has 0 fully saturated rings. The number of carboxylic acid groups (broad SMARTS) is 1. The summed E-state index contributed by atoms with van der Waals surface area (Å²) in [5.74, 6) is -0.570. The Kier molecular flexibility index (Phi) is 2.44. The van der Waals surface area contributed by atoms with Gasteiger partial charge >= 0.3 is 5.97 Å². The number of hydrogen-bond donors (Lipinski definition) is 2. The van der Waals surface area contributed by atoms with E-state index in [9.17, 15) is 4.79 Å². The minimum Gasteiger partial charge on any atom is -0.485 e. The Morgan fingerprint density at radius 3 is 2.60 bits per heavy atom. The SMILES string of the molecule is Nc1c(Br)cc(C(=O)O)c2c1OCCO2. The molecule has 0 aliphatic carbocycles. The minimum atomic E-state index is -1.07. The van der Waals surface area contributed by atoms with Crippen molar-refractivity contribution in [2.45, 2.75) is 0 Å². The van der Waals surface area contributed by atoms with Gasteiger partial charge in [0.15, 0.2) is 11.5 Å². The van der Waals surface area contributed by atoms with Gasteiger partial charge in [-0.1, -0.05) is 0 Å². The van der Waals surface area contributed by atoms with Gasteiger partial charge in [-0.25, -0.2) is 4.79 Å². The van der Waals surface area contributed by atoms with Crippen molar-refractivity contribution in [2.24, 2.45) is 0 Å². The van der Waals surface area contributed by atoms with Crippen LogP contribution in [0, 0.1) is 0 Å². The summed E-state index contributed by atoms with van der Waals surface area (Å²) >= 11 is 3.17. The summed E-state index contributed by atoms with van der Waals surface area (Å²) in [6, 6.07) is 1.41. The van der Waals surface area contributed by atoms with Crippen LogP contribution in [-0.2, 0) is 0 Å². The highest BCUT2D eigenvalue weighted by Crippen LogP contribution is 2.43. The second-order valence-corrected chi connectivity index (χ2v) is 3.83. The molecule has 2 rings (SSSR count). The van der Waals surface area contributed by atoms with Gasteiger partial charge in [-0.2, -0.15) is 0 Å². The first kappa shape index (κ1) is 10.1. The van der Waals surface area contributed by atoms with Gasteiger partial charge in [-0.05, 0) is 22.0 Å². The molecule has 0 bridgehead atoms. The van der Waals surface area contributed by atoms with E-state index in [1.807, 2.05) is 0 Å². The van der Waals surface area contributed by atoms with Crippen molar-refractivity contribution in [2.75, 3.05) is 18.9 Å². The fourth-order valence-electron chi connectivity index (χ4n) is 1.36. The molecular formula is C9H8BrNO4. The molecule has 0 amide bonds. The maximum Gasteiger partial charge on any atom is 0.339 e. The Morgan fingerprint density at radius 1 is 1.40 bits per heavy atom. The van der Waals surface area contributed by atoms with E-state index in [-0.39, 0.29) is 11.3 Å². The van der Waals surface area contributed by atoms with Gasteiger partial charge < -0.3 is 20.3 Å². The molecule has 15 heavy (non-hydrogen) atoms. The lowest BCUT2D eigenvalue weighted by Gasteiger charge is -2.21. The molecule has 0 saturated heterocycles. The zero-order chi connectivity index (χ0) is 11.0. The number of carboxylic acids is 1. The van der Waals surface area contributed by atoms with Crippen LogP contribution in [0.15, 0.2) is 10.5 Å². The normalized spacial score (nSPS) is 13.7. The van der Waals surface area contributed by atoms with Crippen LogP contribution in [0.3, 0.4) is 0 Å². The number of nitrogens with two attached hydrogens (primary N) is 1. The molecule has 0 unspecified atom stereocenters. The first-order chi connectivity index (χ1) is 7.11. The van der Waals surface area contributed by atoms with E-state index in [0.717, 1.165) is 0 Å². The molecule has 6 heteroatoms. The van der Waals surface area contributed by atoms with Gasteiger partial charge in [-0.3, -0.25) is 0 Å². The fourth-order valence-corrected chi connectivity index (χ4v) is 1.76. The summed E-state index contributed by atoms with van der Waals surface area (Å²) in [5.41, 5.74) is 6.13. The molecule has 0 atom stereocenters. The van der Waals surface area contributed by atoms with Crippen LogP contribution < -0.4 is 15.2 Å². The van der Waals surface area contributed by atoms with Gasteiger partial charge in [0, 0.05) is 4.47 Å². The molecular weight excluding hydrogens is 266 g/mol. The summed E-state index contributed by atoms with van der Waals surface area (Å²) < 4.78 is 11.0. The largest absolute Gasteiger partial charge is 0.485 e. The highest BCUT2D eigenvalue weighted by molar-refractivity contribution is 9.10. The number of halogens is 1. The number of ether oxygens (including phenoxy) is 2. The van der Waals surface area contributed by atoms with Crippen molar-refractivity contribution < 1.29 is 19.4 Å². The van der Waals surface area contributed by atoms with Crippen molar-refractivity contribution in [3.63, 3.8) is 0 Å². The summed E-state index contributed by atoms with van der Waals surface area (Å²) in [6.45, 7) is 0.696. The number of aromatic carboxylic acids is 1. The van der Waals surface area contributed by atoms with E-state index in [1.165, 1.54) is 6.07 Å². The topological polar surface area (TPSA) is 81.8 Å². The first-order valence-corrected chi connectivity index (χ1v) is 5.01. The minimum absolute atomic E-state index is 0.0470. The highest BCUT2D eigenvalue weighted by Gasteiger charge is 2.24. The molecule has 1 aromatic carbocycles. The number of hydrogen-bond acceptors (Lipinski definition) is 4. The van der Waals surface area contributed by atoms with E-state index in [1.54, 1.807) is 0 Å². The smallest absolute Gasteiger partial charge is 0.339 e. The van der Waals surface area contributed by atoms with Crippen LogP contribution in [-0.4, -0.2) is 24.3 Å². The number of benzene rings is 1. The third kappa shape index (κ3) is 1.61. The summed E-state index contributed by atoms with van der Waals surface area (Å²) in [4.78, 5) is 10.9. The predicted octanol–water partition coefficient (Wildman–Crippen LogP) is 1.50. The second-order valence-electron chi connectivity index (χ2n) is 2.98. The Morgan fingerprint density at radius 2 is 2.00 bits per heavy atom. The lowest BCUT2D eigenvalue weighted by atomic mass is 10.1. The van der Waals surface area contributed by atoms with Crippen LogP contribution in [0.25, 0.3) is 0 Å². The van der Waals surface area contributed by atoms with Gasteiger partial charge in [0.25, 0.3) is 0 Å². The molecule has 0 saturated carbocycles.